The summed E-state index contributed by atoms with van der Waals surface area (Å²) >= 11 is 7.53. The maximum absolute atomic E-state index is 12.7. The molecule has 0 aliphatic carbocycles. The predicted octanol–water partition coefficient (Wildman–Crippen LogP) is 3.68. The molecule has 1 aromatic carbocycles. The molecule has 0 amide bonds. The summed E-state index contributed by atoms with van der Waals surface area (Å²) < 4.78 is 1.35. The van der Waals surface area contributed by atoms with E-state index >= 15 is 0 Å². The molecule has 0 spiro atoms. The molecule has 0 radical (unpaired) electrons. The molecule has 2 aromatic heterocycles. The zero-order valence-electron chi connectivity index (χ0n) is 12.1. The maximum Gasteiger partial charge on any atom is 0.263 e. The number of Topliss-reactive ketones (excluding diaryl/α,β-unsaturated/α-hetero) is 1. The van der Waals surface area contributed by atoms with Crippen LogP contribution in [0.1, 0.15) is 11.8 Å². The molecule has 0 bridgehead atoms. The van der Waals surface area contributed by atoms with Gasteiger partial charge in [-0.05, 0) is 31.5 Å². The summed E-state index contributed by atoms with van der Waals surface area (Å²) in [5.41, 5.74) is 1.54. The number of hydrogen-bond acceptors (Lipinski definition) is 4. The van der Waals surface area contributed by atoms with Gasteiger partial charge in [-0.3, -0.25) is 14.2 Å². The van der Waals surface area contributed by atoms with Gasteiger partial charge < -0.3 is 0 Å². The smallest absolute Gasteiger partial charge is 0.263 e. The highest BCUT2D eigenvalue weighted by atomic mass is 35.5. The molecule has 0 unspecified atom stereocenters. The van der Waals surface area contributed by atoms with Gasteiger partial charge in [-0.25, -0.2) is 4.98 Å². The van der Waals surface area contributed by atoms with Gasteiger partial charge in [-0.2, -0.15) is 0 Å². The van der Waals surface area contributed by atoms with Gasteiger partial charge in [0.1, 0.15) is 10.6 Å². The second-order valence-corrected chi connectivity index (χ2v) is 6.74. The fraction of sp³-hybridized carbons (Fsp3) is 0.188. The summed E-state index contributed by atoms with van der Waals surface area (Å²) in [5.74, 6) is -0.0838. The Labute approximate surface area is 136 Å². The molecule has 112 valence electrons. The van der Waals surface area contributed by atoms with E-state index in [9.17, 15) is 9.59 Å². The number of halogens is 1. The maximum atomic E-state index is 12.7. The lowest BCUT2D eigenvalue weighted by Crippen LogP contribution is -2.23. The molecule has 0 aliphatic rings. The van der Waals surface area contributed by atoms with Gasteiger partial charge in [-0.15, -0.1) is 11.3 Å². The van der Waals surface area contributed by atoms with Crippen molar-refractivity contribution in [2.75, 3.05) is 0 Å². The summed E-state index contributed by atoms with van der Waals surface area (Å²) in [6, 6.07) is 7.40. The summed E-state index contributed by atoms with van der Waals surface area (Å²) in [6.45, 7) is 3.44. The third kappa shape index (κ3) is 2.58. The van der Waals surface area contributed by atoms with E-state index in [4.69, 9.17) is 11.6 Å². The molecule has 0 saturated carbocycles. The first-order valence-corrected chi connectivity index (χ1v) is 7.90. The predicted molar refractivity (Wildman–Crippen MR) is 89.7 cm³/mol. The van der Waals surface area contributed by atoms with Crippen LogP contribution in [0, 0.1) is 6.92 Å². The van der Waals surface area contributed by atoms with Crippen molar-refractivity contribution in [3.05, 3.63) is 50.8 Å². The van der Waals surface area contributed by atoms with Gasteiger partial charge in [0.05, 0.1) is 18.3 Å². The van der Waals surface area contributed by atoms with Crippen molar-refractivity contribution in [2.24, 2.45) is 0 Å². The number of nitrogens with zero attached hydrogens (tertiary/aromatic N) is 2. The molecule has 3 aromatic rings. The third-order valence-electron chi connectivity index (χ3n) is 3.36. The Balaban J connectivity index is 2.32. The third-order valence-corrected chi connectivity index (χ3v) is 4.61. The first-order valence-electron chi connectivity index (χ1n) is 6.71. The van der Waals surface area contributed by atoms with Crippen LogP contribution in [0.5, 0.6) is 0 Å². The van der Waals surface area contributed by atoms with E-state index < -0.39 is 0 Å². The Morgan fingerprint density at radius 3 is 2.86 bits per heavy atom. The number of aromatic nitrogens is 2. The van der Waals surface area contributed by atoms with Gasteiger partial charge in [0, 0.05) is 15.5 Å². The SMILES string of the molecule is CC(=O)Cn1cnc2sc(C)c(-c3cccc(Cl)c3)c2c1=O. The standard InChI is InChI=1S/C16H13ClN2O2S/c1-9(20)7-19-8-18-15-14(16(19)21)13(10(2)22-15)11-4-3-5-12(17)6-11/h3-6,8H,7H2,1-2H3. The largest absolute Gasteiger partial charge is 0.298 e. The summed E-state index contributed by atoms with van der Waals surface area (Å²) in [7, 11) is 0. The summed E-state index contributed by atoms with van der Waals surface area (Å²) in [6.07, 6.45) is 1.43. The van der Waals surface area contributed by atoms with Crippen molar-refractivity contribution in [2.45, 2.75) is 20.4 Å². The highest BCUT2D eigenvalue weighted by Gasteiger charge is 2.17. The van der Waals surface area contributed by atoms with Gasteiger partial charge in [-0.1, -0.05) is 23.7 Å². The molecule has 2 heterocycles. The quantitative estimate of drug-likeness (QED) is 0.735. The van der Waals surface area contributed by atoms with Crippen molar-refractivity contribution in [3.8, 4) is 11.1 Å². The molecule has 0 atom stereocenters. The van der Waals surface area contributed by atoms with Gasteiger partial charge >= 0.3 is 0 Å². The van der Waals surface area contributed by atoms with E-state index in [1.807, 2.05) is 25.1 Å². The number of carbonyl (C=O) groups is 1. The zero-order valence-corrected chi connectivity index (χ0v) is 13.7. The number of carbonyl (C=O) groups excluding carboxylic acids is 1. The van der Waals surface area contributed by atoms with Crippen molar-refractivity contribution >= 4 is 38.9 Å². The molecular formula is C16H13ClN2O2S. The number of aryl methyl sites for hydroxylation is 1. The van der Waals surface area contributed by atoms with Crippen molar-refractivity contribution in [1.29, 1.82) is 0 Å². The summed E-state index contributed by atoms with van der Waals surface area (Å²) in [5, 5.41) is 1.16. The fourth-order valence-electron chi connectivity index (χ4n) is 2.48. The molecule has 0 aliphatic heterocycles. The van der Waals surface area contributed by atoms with Crippen LogP contribution >= 0.6 is 22.9 Å². The minimum atomic E-state index is -0.195. The van der Waals surface area contributed by atoms with Crippen molar-refractivity contribution < 1.29 is 4.79 Å². The molecule has 0 fully saturated rings. The van der Waals surface area contributed by atoms with Crippen LogP contribution in [0.2, 0.25) is 5.02 Å². The van der Waals surface area contributed by atoms with E-state index in [2.05, 4.69) is 4.98 Å². The normalized spacial score (nSPS) is 11.0. The van der Waals surface area contributed by atoms with Crippen LogP contribution < -0.4 is 5.56 Å². The second-order valence-electron chi connectivity index (χ2n) is 5.10. The van der Waals surface area contributed by atoms with Gasteiger partial charge in [0.15, 0.2) is 0 Å². The van der Waals surface area contributed by atoms with Gasteiger partial charge in [0.25, 0.3) is 5.56 Å². The average molecular weight is 333 g/mol. The van der Waals surface area contributed by atoms with Crippen LogP contribution in [0.25, 0.3) is 21.3 Å². The van der Waals surface area contributed by atoms with E-state index in [0.717, 1.165) is 16.0 Å². The number of fused-ring (bicyclic) bond motifs is 1. The van der Waals surface area contributed by atoms with Crippen molar-refractivity contribution in [1.82, 2.24) is 9.55 Å². The Morgan fingerprint density at radius 2 is 2.18 bits per heavy atom. The second kappa shape index (κ2) is 5.66. The Bertz CT molecular complexity index is 943. The number of thiophene rings is 1. The lowest BCUT2D eigenvalue weighted by molar-refractivity contribution is -0.117. The van der Waals surface area contributed by atoms with Crippen LogP contribution in [-0.2, 0) is 11.3 Å². The van der Waals surface area contributed by atoms with Crippen LogP contribution in [0.4, 0.5) is 0 Å². The monoisotopic (exact) mass is 332 g/mol. The minimum absolute atomic E-state index is 0.0334. The first-order chi connectivity index (χ1) is 10.5. The Hall–Kier alpha value is -1.98. The van der Waals surface area contributed by atoms with Crippen LogP contribution in [0.3, 0.4) is 0 Å². The Kier molecular flexibility index (Phi) is 3.85. The molecule has 0 saturated heterocycles. The highest BCUT2D eigenvalue weighted by molar-refractivity contribution is 7.19. The highest BCUT2D eigenvalue weighted by Crippen LogP contribution is 2.36. The number of rotatable bonds is 3. The number of hydrogen-bond donors (Lipinski definition) is 0. The molecular weight excluding hydrogens is 320 g/mol. The van der Waals surface area contributed by atoms with E-state index in [-0.39, 0.29) is 17.9 Å². The average Bonchev–Trinajstić information content (AvgIpc) is 2.78. The molecule has 22 heavy (non-hydrogen) atoms. The Morgan fingerprint density at radius 1 is 1.41 bits per heavy atom. The zero-order chi connectivity index (χ0) is 15.9. The van der Waals surface area contributed by atoms with E-state index in [1.54, 1.807) is 6.07 Å². The molecule has 4 nitrogen and oxygen atoms in total. The van der Waals surface area contributed by atoms with Crippen LogP contribution in [0.15, 0.2) is 35.4 Å². The topological polar surface area (TPSA) is 52.0 Å². The number of ketones is 1. The van der Waals surface area contributed by atoms with Crippen molar-refractivity contribution in [3.63, 3.8) is 0 Å². The van der Waals surface area contributed by atoms with E-state index in [1.165, 1.54) is 29.2 Å². The van der Waals surface area contributed by atoms with Gasteiger partial charge in [0.2, 0.25) is 0 Å². The van der Waals surface area contributed by atoms with E-state index in [0.29, 0.717) is 15.2 Å². The molecule has 0 N–H and O–H groups in total. The first kappa shape index (κ1) is 14.9. The van der Waals surface area contributed by atoms with Crippen LogP contribution in [-0.4, -0.2) is 15.3 Å². The summed E-state index contributed by atoms with van der Waals surface area (Å²) in [4.78, 5) is 30.0. The number of benzene rings is 1. The fourth-order valence-corrected chi connectivity index (χ4v) is 3.68. The molecule has 3 rings (SSSR count). The minimum Gasteiger partial charge on any atom is -0.298 e. The molecule has 6 heteroatoms. The lowest BCUT2D eigenvalue weighted by atomic mass is 10.0. The lowest BCUT2D eigenvalue weighted by Gasteiger charge is -2.05.